The van der Waals surface area contributed by atoms with Crippen LogP contribution in [0.15, 0.2) is 36.4 Å². The monoisotopic (exact) mass is 510 g/mol. The Kier molecular flexibility index (Phi) is 7.41. The number of aryl methyl sites for hydroxylation is 2. The summed E-state index contributed by atoms with van der Waals surface area (Å²) >= 11 is 0. The molecule has 2 aliphatic rings. The van der Waals surface area contributed by atoms with Gasteiger partial charge in [-0.3, -0.25) is 4.90 Å². The molecule has 6 nitrogen and oxygen atoms in total. The second-order valence-electron chi connectivity index (χ2n) is 10.9. The molecule has 2 aliphatic heterocycles. The summed E-state index contributed by atoms with van der Waals surface area (Å²) in [5.74, 6) is -1.54. The zero-order chi connectivity index (χ0) is 26.2. The van der Waals surface area contributed by atoms with Crippen LogP contribution in [-0.2, 0) is 7.05 Å². The maximum absolute atomic E-state index is 13.5. The minimum absolute atomic E-state index is 0.0461. The lowest BCUT2D eigenvalue weighted by Crippen LogP contribution is -2.48. The number of benzene rings is 2. The molecule has 2 aromatic carbocycles. The average molecular weight is 511 g/mol. The van der Waals surface area contributed by atoms with E-state index < -0.39 is 5.92 Å². The Morgan fingerprint density at radius 3 is 2.27 bits per heavy atom. The number of rotatable bonds is 7. The number of aromatic nitrogens is 2. The highest BCUT2D eigenvalue weighted by Crippen LogP contribution is 2.33. The van der Waals surface area contributed by atoms with E-state index in [0.29, 0.717) is 25.7 Å². The highest BCUT2D eigenvalue weighted by atomic mass is 19.3. The summed E-state index contributed by atoms with van der Waals surface area (Å²) in [6.07, 6.45) is -0.0921. The summed E-state index contributed by atoms with van der Waals surface area (Å²) < 4.78 is 29.1. The van der Waals surface area contributed by atoms with Gasteiger partial charge in [0.15, 0.2) is 0 Å². The molecule has 2 fully saturated rings. The fraction of sp³-hybridized carbons (Fsp3) is 0.552. The Morgan fingerprint density at radius 1 is 0.946 bits per heavy atom. The molecule has 0 amide bonds. The molecule has 3 aromatic rings. The van der Waals surface area contributed by atoms with E-state index in [1.54, 1.807) is 0 Å². The van der Waals surface area contributed by atoms with Gasteiger partial charge in [0.25, 0.3) is 5.92 Å². The summed E-state index contributed by atoms with van der Waals surface area (Å²) in [6, 6.07) is 13.9. The van der Waals surface area contributed by atoms with Gasteiger partial charge in [-0.15, -0.1) is 0 Å². The number of hydrogen-bond donors (Lipinski definition) is 1. The number of nitrogens with zero attached hydrogens (tertiary/aromatic N) is 5. The van der Waals surface area contributed by atoms with Gasteiger partial charge < -0.3 is 19.7 Å². The van der Waals surface area contributed by atoms with Gasteiger partial charge in [-0.1, -0.05) is 12.1 Å². The fourth-order valence-corrected chi connectivity index (χ4v) is 5.52. The maximum Gasteiger partial charge on any atom is 0.250 e. The number of likely N-dealkylation sites (tertiary alicyclic amines) is 1. The number of nitrogens with one attached hydrogen (secondary N) is 1. The van der Waals surface area contributed by atoms with Crippen molar-refractivity contribution in [2.24, 2.45) is 7.05 Å². The van der Waals surface area contributed by atoms with Crippen LogP contribution in [0.3, 0.4) is 0 Å². The van der Waals surface area contributed by atoms with Crippen LogP contribution in [0.1, 0.15) is 32.5 Å². The molecule has 2 saturated heterocycles. The third kappa shape index (κ3) is 5.75. The van der Waals surface area contributed by atoms with Gasteiger partial charge in [-0.2, -0.15) is 0 Å². The first-order chi connectivity index (χ1) is 17.7. The van der Waals surface area contributed by atoms with Crippen molar-refractivity contribution >= 4 is 22.4 Å². The van der Waals surface area contributed by atoms with E-state index >= 15 is 0 Å². The lowest BCUT2D eigenvalue weighted by atomic mass is 10.0. The zero-order valence-electron chi connectivity index (χ0n) is 22.6. The third-order valence-electron chi connectivity index (χ3n) is 8.15. The molecule has 0 atom stereocenters. The molecule has 0 radical (unpaired) electrons. The van der Waals surface area contributed by atoms with Crippen molar-refractivity contribution < 1.29 is 8.78 Å². The average Bonchev–Trinajstić information content (AvgIpc) is 3.18. The number of imidazole rings is 1. The molecule has 0 unspecified atom stereocenters. The van der Waals surface area contributed by atoms with Crippen LogP contribution < -0.4 is 10.2 Å². The van der Waals surface area contributed by atoms with Gasteiger partial charge >= 0.3 is 0 Å². The van der Waals surface area contributed by atoms with E-state index in [1.165, 1.54) is 11.3 Å². The van der Waals surface area contributed by atoms with Gasteiger partial charge in [0.1, 0.15) is 11.3 Å². The summed E-state index contributed by atoms with van der Waals surface area (Å²) in [7, 11) is 2.05. The second-order valence-corrected chi connectivity index (χ2v) is 10.9. The van der Waals surface area contributed by atoms with Crippen molar-refractivity contribution in [2.75, 3.05) is 62.6 Å². The Hall–Kier alpha value is -2.71. The molecule has 3 heterocycles. The number of fused-ring (bicyclic) bond motifs is 1. The van der Waals surface area contributed by atoms with Crippen molar-refractivity contribution in [2.45, 2.75) is 45.6 Å². The summed E-state index contributed by atoms with van der Waals surface area (Å²) in [4.78, 5) is 11.9. The molecule has 0 bridgehead atoms. The van der Waals surface area contributed by atoms with Crippen LogP contribution >= 0.6 is 0 Å². The van der Waals surface area contributed by atoms with E-state index in [2.05, 4.69) is 74.8 Å². The van der Waals surface area contributed by atoms with Gasteiger partial charge in [0, 0.05) is 84.0 Å². The molecule has 200 valence electrons. The topological polar surface area (TPSA) is 39.6 Å². The largest absolute Gasteiger partial charge is 0.382 e. The van der Waals surface area contributed by atoms with Gasteiger partial charge in [-0.05, 0) is 56.2 Å². The van der Waals surface area contributed by atoms with Crippen molar-refractivity contribution in [3.63, 3.8) is 0 Å². The number of halogens is 2. The number of piperazine rings is 1. The van der Waals surface area contributed by atoms with Crippen LogP contribution in [0.5, 0.6) is 0 Å². The lowest BCUT2D eigenvalue weighted by Gasteiger charge is -2.38. The number of anilines is 2. The number of alkyl halides is 2. The first kappa shape index (κ1) is 25.9. The van der Waals surface area contributed by atoms with Crippen LogP contribution in [0.4, 0.5) is 20.2 Å². The molecule has 0 spiro atoms. The SMILES string of the molecule is Cc1nc2c(NCCN3CCC(F)(F)CC3)cc(-c3ccc(N4CCN(C(C)C)CC4)cc3)cc2n1C. The van der Waals surface area contributed by atoms with Crippen molar-refractivity contribution in [3.05, 3.63) is 42.2 Å². The van der Waals surface area contributed by atoms with Crippen LogP contribution in [0, 0.1) is 6.92 Å². The van der Waals surface area contributed by atoms with E-state index in [4.69, 9.17) is 4.98 Å². The molecule has 5 rings (SSSR count). The first-order valence-corrected chi connectivity index (χ1v) is 13.6. The summed E-state index contributed by atoms with van der Waals surface area (Å²) in [6.45, 7) is 13.2. The molecular formula is C29H40F2N6. The zero-order valence-corrected chi connectivity index (χ0v) is 22.6. The second kappa shape index (κ2) is 10.6. The van der Waals surface area contributed by atoms with E-state index in [9.17, 15) is 8.78 Å². The van der Waals surface area contributed by atoms with Crippen molar-refractivity contribution in [1.29, 1.82) is 0 Å². The normalized spacial score (nSPS) is 19.2. The van der Waals surface area contributed by atoms with Gasteiger partial charge in [0.05, 0.1) is 11.2 Å². The minimum Gasteiger partial charge on any atom is -0.382 e. The summed E-state index contributed by atoms with van der Waals surface area (Å²) in [5.41, 5.74) is 6.62. The van der Waals surface area contributed by atoms with Crippen LogP contribution in [0.25, 0.3) is 22.2 Å². The minimum atomic E-state index is -2.51. The lowest BCUT2D eigenvalue weighted by molar-refractivity contribution is -0.0543. The van der Waals surface area contributed by atoms with E-state index in [-0.39, 0.29) is 12.8 Å². The Morgan fingerprint density at radius 2 is 1.62 bits per heavy atom. The quantitative estimate of drug-likeness (QED) is 0.472. The molecule has 37 heavy (non-hydrogen) atoms. The molecule has 0 aliphatic carbocycles. The van der Waals surface area contributed by atoms with E-state index in [0.717, 1.165) is 60.8 Å². The first-order valence-electron chi connectivity index (χ1n) is 13.6. The van der Waals surface area contributed by atoms with E-state index in [1.807, 2.05) is 14.0 Å². The standard InChI is InChI=1S/C29H40F2N6/c1-21(2)36-15-17-37(18-16-36)25-7-5-23(6-8-25)24-19-26(28-27(20-24)34(4)22(3)33-28)32-11-14-35-12-9-29(30,31)10-13-35/h5-8,19-21,32H,9-18H2,1-4H3. The summed E-state index contributed by atoms with van der Waals surface area (Å²) in [5, 5.41) is 3.56. The molecule has 1 aromatic heterocycles. The highest BCUT2D eigenvalue weighted by molar-refractivity contribution is 5.93. The van der Waals surface area contributed by atoms with Gasteiger partial charge in [-0.25, -0.2) is 13.8 Å². The Labute approximate surface area is 219 Å². The molecule has 0 saturated carbocycles. The predicted octanol–water partition coefficient (Wildman–Crippen LogP) is 5.22. The maximum atomic E-state index is 13.5. The van der Waals surface area contributed by atoms with Crippen molar-refractivity contribution in [1.82, 2.24) is 19.4 Å². The van der Waals surface area contributed by atoms with Crippen molar-refractivity contribution in [3.8, 4) is 11.1 Å². The molecule has 8 heteroatoms. The molecule has 1 N–H and O–H groups in total. The van der Waals surface area contributed by atoms with Crippen LogP contribution in [0.2, 0.25) is 0 Å². The number of piperidine rings is 1. The fourth-order valence-electron chi connectivity index (χ4n) is 5.52. The highest BCUT2D eigenvalue weighted by Gasteiger charge is 2.33. The predicted molar refractivity (Wildman–Crippen MR) is 149 cm³/mol. The third-order valence-corrected chi connectivity index (χ3v) is 8.15. The van der Waals surface area contributed by atoms with Crippen LogP contribution in [-0.4, -0.2) is 83.7 Å². The molecular weight excluding hydrogens is 470 g/mol. The van der Waals surface area contributed by atoms with Gasteiger partial charge in [0.2, 0.25) is 0 Å². The Bertz CT molecular complexity index is 1200. The number of hydrogen-bond acceptors (Lipinski definition) is 5. The smallest absolute Gasteiger partial charge is 0.250 e. The Balaban J connectivity index is 1.31.